The molecule has 1 aromatic rings. The van der Waals surface area contributed by atoms with Gasteiger partial charge in [-0.3, -0.25) is 19.6 Å². The third-order valence-electron chi connectivity index (χ3n) is 3.31. The molecule has 0 aromatic carbocycles. The van der Waals surface area contributed by atoms with Gasteiger partial charge >= 0.3 is 10.3 Å². The molecule has 1 atom stereocenters. The van der Waals surface area contributed by atoms with Crippen LogP contribution in [-0.4, -0.2) is 72.1 Å². The molecule has 3 N–H and O–H groups in total. The number of hydrogen-bond acceptors (Lipinski definition) is 10. The first-order valence-corrected chi connectivity index (χ1v) is 11.7. The molecule has 0 spiro atoms. The van der Waals surface area contributed by atoms with Gasteiger partial charge in [0.25, 0.3) is 11.8 Å². The first-order chi connectivity index (χ1) is 12.7. The molecule has 2 heterocycles. The van der Waals surface area contributed by atoms with Crippen LogP contribution in [0.15, 0.2) is 10.5 Å². The summed E-state index contributed by atoms with van der Waals surface area (Å²) in [5, 5.41) is 14.8. The van der Waals surface area contributed by atoms with Gasteiger partial charge in [0.05, 0.1) is 12.8 Å². The van der Waals surface area contributed by atoms with Crippen molar-refractivity contribution in [3.8, 4) is 0 Å². The van der Waals surface area contributed by atoms with E-state index in [2.05, 4.69) is 10.5 Å². The van der Waals surface area contributed by atoms with Crippen molar-refractivity contribution in [3.05, 3.63) is 15.9 Å². The van der Waals surface area contributed by atoms with Crippen LogP contribution < -0.4 is 10.1 Å². The fourth-order valence-electron chi connectivity index (χ4n) is 2.10. The molecule has 13 nitrogen and oxygen atoms in total. The minimum Gasteiger partial charge on any atom is -0.392 e. The number of amides is 2. The Bertz CT molecular complexity index is 1100. The number of carbonyl (C=O) groups is 2. The summed E-state index contributed by atoms with van der Waals surface area (Å²) >= 11 is 0.727. The smallest absolute Gasteiger partial charge is 0.362 e. The monoisotopic (exact) mass is 455 g/mol. The second-order valence-electron chi connectivity index (χ2n) is 5.92. The van der Waals surface area contributed by atoms with E-state index >= 15 is 0 Å². The van der Waals surface area contributed by atoms with E-state index in [1.807, 2.05) is 0 Å². The Morgan fingerprint density at radius 1 is 1.43 bits per heavy atom. The molecular formula is C12H17N5O8S3. The Morgan fingerprint density at radius 2 is 2.04 bits per heavy atom. The number of rotatable bonds is 7. The highest BCUT2D eigenvalue weighted by Gasteiger charge is 2.45. The molecule has 28 heavy (non-hydrogen) atoms. The zero-order valence-corrected chi connectivity index (χ0v) is 17.3. The second kappa shape index (κ2) is 7.61. The van der Waals surface area contributed by atoms with Crippen molar-refractivity contribution in [2.75, 3.05) is 12.8 Å². The van der Waals surface area contributed by atoms with Crippen molar-refractivity contribution in [1.29, 1.82) is 5.41 Å². The number of carbonyl (C=O) groups excluding carboxylic acids is 2. The van der Waals surface area contributed by atoms with E-state index < -0.39 is 56.5 Å². The summed E-state index contributed by atoms with van der Waals surface area (Å²) in [6.07, 6.45) is 0.364. The Hall–Kier alpha value is -2.30. The molecule has 0 saturated carbocycles. The van der Waals surface area contributed by atoms with Gasteiger partial charge in [0.2, 0.25) is 10.0 Å². The van der Waals surface area contributed by atoms with Crippen LogP contribution in [0.3, 0.4) is 0 Å². The van der Waals surface area contributed by atoms with Gasteiger partial charge in [-0.2, -0.15) is 8.42 Å². The van der Waals surface area contributed by atoms with Crippen molar-refractivity contribution in [2.45, 2.75) is 26.0 Å². The van der Waals surface area contributed by atoms with Gasteiger partial charge in [-0.1, -0.05) is 5.16 Å². The van der Waals surface area contributed by atoms with Crippen LogP contribution in [0.1, 0.15) is 19.5 Å². The molecule has 0 radical (unpaired) electrons. The van der Waals surface area contributed by atoms with E-state index in [-0.39, 0.29) is 14.8 Å². The number of oxime groups is 1. The molecule has 2 amide bonds. The van der Waals surface area contributed by atoms with Crippen molar-refractivity contribution < 1.29 is 35.8 Å². The van der Waals surface area contributed by atoms with E-state index in [0.717, 1.165) is 17.6 Å². The molecule has 1 aliphatic rings. The fraction of sp³-hybridized carbons (Fsp3) is 0.500. The summed E-state index contributed by atoms with van der Waals surface area (Å²) < 4.78 is 55.4. The van der Waals surface area contributed by atoms with Gasteiger partial charge in [0, 0.05) is 5.38 Å². The average molecular weight is 455 g/mol. The SMILES string of the molecule is CC(C)O/N=C(/C(=O)NC1CN(S(=O)(=O)O)C1=O)c1csc(=N)n1S(C)(=O)=O. The van der Waals surface area contributed by atoms with Gasteiger partial charge in [-0.25, -0.2) is 16.7 Å². The average Bonchev–Trinajstić information content (AvgIpc) is 2.91. The molecule has 2 rings (SSSR count). The summed E-state index contributed by atoms with van der Waals surface area (Å²) in [6, 6.07) is -1.26. The lowest BCUT2D eigenvalue weighted by molar-refractivity contribution is -0.139. The van der Waals surface area contributed by atoms with Crippen LogP contribution in [0.2, 0.25) is 0 Å². The standard InChI is InChI=1S/C12H17N5O8S3/c1-6(2)25-15-9(8-5-26-12(13)17(8)27(3,20)21)10(18)14-7-4-16(11(7)19)28(22,23)24/h5-7,13H,4H2,1-3H3,(H,14,18)(H,22,23,24)/b13-12?,15-9+. The van der Waals surface area contributed by atoms with Crippen molar-refractivity contribution >= 4 is 49.2 Å². The Kier molecular flexibility index (Phi) is 5.98. The van der Waals surface area contributed by atoms with Gasteiger partial charge in [-0.05, 0) is 13.8 Å². The molecule has 0 bridgehead atoms. The molecule has 0 aliphatic carbocycles. The highest BCUT2D eigenvalue weighted by atomic mass is 32.2. The van der Waals surface area contributed by atoms with E-state index in [9.17, 15) is 26.4 Å². The van der Waals surface area contributed by atoms with E-state index in [0.29, 0.717) is 3.97 Å². The number of aromatic nitrogens is 1. The van der Waals surface area contributed by atoms with Crippen LogP contribution in [0, 0.1) is 5.41 Å². The van der Waals surface area contributed by atoms with Gasteiger partial charge < -0.3 is 10.2 Å². The number of β-lactam (4-membered cyclic amide) rings is 1. The lowest BCUT2D eigenvalue weighted by Crippen LogP contribution is -2.65. The number of hydrogen-bond donors (Lipinski definition) is 3. The Morgan fingerprint density at radius 3 is 2.50 bits per heavy atom. The molecule has 1 aromatic heterocycles. The summed E-state index contributed by atoms with van der Waals surface area (Å²) in [5.41, 5.74) is -0.777. The maximum atomic E-state index is 12.6. The summed E-state index contributed by atoms with van der Waals surface area (Å²) in [7, 11) is -8.69. The highest BCUT2D eigenvalue weighted by molar-refractivity contribution is 7.89. The molecule has 1 saturated heterocycles. The van der Waals surface area contributed by atoms with E-state index in [1.54, 1.807) is 13.8 Å². The number of nitrogens with zero attached hydrogens (tertiary/aromatic N) is 3. The molecule has 16 heteroatoms. The lowest BCUT2D eigenvalue weighted by Gasteiger charge is -2.35. The number of nitrogens with one attached hydrogen (secondary N) is 2. The molecule has 1 fully saturated rings. The third-order valence-corrected chi connectivity index (χ3v) is 6.10. The van der Waals surface area contributed by atoms with Crippen molar-refractivity contribution in [1.82, 2.24) is 13.6 Å². The van der Waals surface area contributed by atoms with Gasteiger partial charge in [0.15, 0.2) is 10.5 Å². The predicted octanol–water partition coefficient (Wildman–Crippen LogP) is -1.90. The normalized spacial score (nSPS) is 18.2. The van der Waals surface area contributed by atoms with Crippen molar-refractivity contribution in [2.24, 2.45) is 5.16 Å². The van der Waals surface area contributed by atoms with E-state index in [1.165, 1.54) is 5.38 Å². The van der Waals surface area contributed by atoms with E-state index in [4.69, 9.17) is 14.8 Å². The minimum absolute atomic E-state index is 0.155. The fourth-order valence-corrected chi connectivity index (χ4v) is 4.82. The van der Waals surface area contributed by atoms with Gasteiger partial charge in [-0.15, -0.1) is 11.3 Å². The summed E-state index contributed by atoms with van der Waals surface area (Å²) in [4.78, 5) is 29.0. The zero-order valence-electron chi connectivity index (χ0n) is 14.8. The van der Waals surface area contributed by atoms with Crippen LogP contribution >= 0.6 is 11.3 Å². The number of thiazole rings is 1. The Balaban J connectivity index is 2.37. The third kappa shape index (κ3) is 4.57. The van der Waals surface area contributed by atoms with Gasteiger partial charge in [0.1, 0.15) is 17.8 Å². The minimum atomic E-state index is -4.73. The van der Waals surface area contributed by atoms with Crippen LogP contribution in [-0.2, 0) is 34.8 Å². The predicted molar refractivity (Wildman–Crippen MR) is 96.4 cm³/mol. The highest BCUT2D eigenvalue weighted by Crippen LogP contribution is 2.15. The second-order valence-corrected chi connectivity index (χ2v) is 9.95. The van der Waals surface area contributed by atoms with Crippen molar-refractivity contribution in [3.63, 3.8) is 0 Å². The molecule has 1 aliphatic heterocycles. The summed E-state index contributed by atoms with van der Waals surface area (Å²) in [5.74, 6) is -2.09. The first-order valence-electron chi connectivity index (χ1n) is 7.53. The zero-order chi connectivity index (χ0) is 21.4. The van der Waals surface area contributed by atoms with Crippen LogP contribution in [0.25, 0.3) is 0 Å². The molecule has 156 valence electrons. The first kappa shape index (κ1) is 22.0. The van der Waals surface area contributed by atoms with Crippen LogP contribution in [0.4, 0.5) is 0 Å². The summed E-state index contributed by atoms with van der Waals surface area (Å²) in [6.45, 7) is 2.71. The molecular weight excluding hydrogens is 438 g/mol. The Labute approximate surface area is 164 Å². The lowest BCUT2D eigenvalue weighted by atomic mass is 10.1. The van der Waals surface area contributed by atoms with Crippen LogP contribution in [0.5, 0.6) is 0 Å². The topological polar surface area (TPSA) is 188 Å². The quantitative estimate of drug-likeness (QED) is 0.184. The largest absolute Gasteiger partial charge is 0.392 e. The molecule has 1 unspecified atom stereocenters. The maximum Gasteiger partial charge on any atom is 0.362 e. The maximum absolute atomic E-state index is 12.6.